The number of esters is 1. The maximum absolute atomic E-state index is 11.9. The summed E-state index contributed by atoms with van der Waals surface area (Å²) in [6.45, 7) is 1.71. The zero-order valence-electron chi connectivity index (χ0n) is 15.2. The molecule has 1 amide bonds. The van der Waals surface area contributed by atoms with Crippen molar-refractivity contribution in [2.45, 2.75) is 25.9 Å². The fraction of sp³-hybridized carbons (Fsp3) is 0.286. The molecule has 0 aliphatic carbocycles. The Kier molecular flexibility index (Phi) is 7.86. The smallest absolute Gasteiger partial charge is 0.347 e. The van der Waals surface area contributed by atoms with E-state index in [-0.39, 0.29) is 12.5 Å². The first-order valence-corrected chi connectivity index (χ1v) is 8.72. The molecule has 0 unspecified atom stereocenters. The lowest BCUT2D eigenvalue weighted by Gasteiger charge is -2.14. The Labute approximate surface area is 158 Å². The Morgan fingerprint density at radius 1 is 1.11 bits per heavy atom. The molecule has 2 aromatic rings. The van der Waals surface area contributed by atoms with Crippen LogP contribution in [0.1, 0.15) is 24.5 Å². The van der Waals surface area contributed by atoms with E-state index >= 15 is 0 Å². The summed E-state index contributed by atoms with van der Waals surface area (Å²) in [5.41, 5.74) is 1.72. The lowest BCUT2D eigenvalue weighted by Crippen LogP contribution is -2.33. The second kappa shape index (κ2) is 10.6. The number of hydrogen-bond acceptors (Lipinski definition) is 5. The summed E-state index contributed by atoms with van der Waals surface area (Å²) >= 11 is 0. The average Bonchev–Trinajstić information content (AvgIpc) is 2.70. The molecule has 0 aromatic heterocycles. The largest absolute Gasteiger partial charge is 0.479 e. The molecule has 0 saturated heterocycles. The minimum absolute atomic E-state index is 0.342. The molecular formula is C21H22N2O4. The van der Waals surface area contributed by atoms with Crippen molar-refractivity contribution in [3.63, 3.8) is 0 Å². The van der Waals surface area contributed by atoms with Gasteiger partial charge in [0.1, 0.15) is 5.75 Å². The summed E-state index contributed by atoms with van der Waals surface area (Å²) in [5.74, 6) is -0.524. The summed E-state index contributed by atoms with van der Waals surface area (Å²) in [6, 6.07) is 18.4. The van der Waals surface area contributed by atoms with Gasteiger partial charge in [-0.1, -0.05) is 30.3 Å². The van der Waals surface area contributed by atoms with Crippen LogP contribution in [0.3, 0.4) is 0 Å². The molecule has 1 N–H and O–H groups in total. The molecule has 2 rings (SSSR count). The maximum atomic E-state index is 11.9. The standard InChI is InChI=1S/C21H22N2O4/c1-16(27-19-11-9-18(14-22)10-12-19)21(25)26-15-20(24)23-13-5-8-17-6-3-2-4-7-17/h2-4,6-7,9-12,16H,5,8,13,15H2,1H3,(H,23,24)/t16-/m0/s1. The molecule has 0 heterocycles. The van der Waals surface area contributed by atoms with Gasteiger partial charge >= 0.3 is 5.97 Å². The van der Waals surface area contributed by atoms with Crippen LogP contribution in [0, 0.1) is 11.3 Å². The van der Waals surface area contributed by atoms with Crippen LogP contribution in [0.2, 0.25) is 0 Å². The summed E-state index contributed by atoms with van der Waals surface area (Å²) < 4.78 is 10.4. The molecule has 6 heteroatoms. The van der Waals surface area contributed by atoms with Crippen molar-refractivity contribution in [3.8, 4) is 11.8 Å². The van der Waals surface area contributed by atoms with E-state index in [0.717, 1.165) is 12.8 Å². The summed E-state index contributed by atoms with van der Waals surface area (Å²) in [5, 5.41) is 11.5. The third-order valence-corrected chi connectivity index (χ3v) is 3.78. The zero-order chi connectivity index (χ0) is 19.5. The molecule has 0 radical (unpaired) electrons. The topological polar surface area (TPSA) is 88.4 Å². The van der Waals surface area contributed by atoms with Crippen molar-refractivity contribution in [2.75, 3.05) is 13.2 Å². The third kappa shape index (κ3) is 7.20. The van der Waals surface area contributed by atoms with Crippen LogP contribution >= 0.6 is 0 Å². The molecule has 6 nitrogen and oxygen atoms in total. The minimum Gasteiger partial charge on any atom is -0.479 e. The Bertz CT molecular complexity index is 782. The molecule has 0 fully saturated rings. The van der Waals surface area contributed by atoms with Gasteiger partial charge in [0.2, 0.25) is 0 Å². The number of benzene rings is 2. The predicted molar refractivity (Wildman–Crippen MR) is 100.0 cm³/mol. The fourth-order valence-corrected chi connectivity index (χ4v) is 2.33. The average molecular weight is 366 g/mol. The van der Waals surface area contributed by atoms with Gasteiger partial charge < -0.3 is 14.8 Å². The number of nitriles is 1. The highest BCUT2D eigenvalue weighted by atomic mass is 16.6. The van der Waals surface area contributed by atoms with E-state index in [1.165, 1.54) is 12.5 Å². The van der Waals surface area contributed by atoms with Crippen molar-refractivity contribution in [2.24, 2.45) is 0 Å². The second-order valence-electron chi connectivity index (χ2n) is 5.94. The van der Waals surface area contributed by atoms with Crippen LogP contribution in [-0.4, -0.2) is 31.1 Å². The van der Waals surface area contributed by atoms with E-state index < -0.39 is 12.1 Å². The van der Waals surface area contributed by atoms with Gasteiger partial charge in [-0.15, -0.1) is 0 Å². The van der Waals surface area contributed by atoms with Crippen LogP contribution in [-0.2, 0) is 20.7 Å². The first-order valence-electron chi connectivity index (χ1n) is 8.72. The van der Waals surface area contributed by atoms with Crippen LogP contribution in [0.4, 0.5) is 0 Å². The highest BCUT2D eigenvalue weighted by molar-refractivity contribution is 5.81. The number of nitrogens with zero attached hydrogens (tertiary/aromatic N) is 1. The number of carbonyl (C=O) groups excluding carboxylic acids is 2. The number of aryl methyl sites for hydroxylation is 1. The van der Waals surface area contributed by atoms with Crippen molar-refractivity contribution in [3.05, 3.63) is 65.7 Å². The van der Waals surface area contributed by atoms with Gasteiger partial charge in [0.05, 0.1) is 11.6 Å². The second-order valence-corrected chi connectivity index (χ2v) is 5.94. The van der Waals surface area contributed by atoms with E-state index in [2.05, 4.69) is 5.32 Å². The molecule has 27 heavy (non-hydrogen) atoms. The monoisotopic (exact) mass is 366 g/mol. The van der Waals surface area contributed by atoms with Crippen molar-refractivity contribution in [1.82, 2.24) is 5.32 Å². The van der Waals surface area contributed by atoms with Crippen LogP contribution in [0.25, 0.3) is 0 Å². The molecule has 0 saturated carbocycles. The Hall–Kier alpha value is -3.33. The first-order chi connectivity index (χ1) is 13.1. The van der Waals surface area contributed by atoms with Crippen LogP contribution in [0.15, 0.2) is 54.6 Å². The highest BCUT2D eigenvalue weighted by Gasteiger charge is 2.17. The molecule has 0 aliphatic heterocycles. The van der Waals surface area contributed by atoms with Crippen LogP contribution in [0.5, 0.6) is 5.75 Å². The number of ether oxygens (including phenoxy) is 2. The van der Waals surface area contributed by atoms with Gasteiger partial charge in [-0.3, -0.25) is 4.79 Å². The van der Waals surface area contributed by atoms with Crippen molar-refractivity contribution >= 4 is 11.9 Å². The fourth-order valence-electron chi connectivity index (χ4n) is 2.33. The van der Waals surface area contributed by atoms with Crippen molar-refractivity contribution < 1.29 is 19.1 Å². The van der Waals surface area contributed by atoms with Crippen molar-refractivity contribution in [1.29, 1.82) is 5.26 Å². The first kappa shape index (κ1) is 20.0. The van der Waals surface area contributed by atoms with Gasteiger partial charge in [0.25, 0.3) is 5.91 Å². The number of hydrogen-bond donors (Lipinski definition) is 1. The van der Waals surface area contributed by atoms with E-state index in [9.17, 15) is 9.59 Å². The van der Waals surface area contributed by atoms with E-state index in [4.69, 9.17) is 14.7 Å². The zero-order valence-corrected chi connectivity index (χ0v) is 15.2. The quantitative estimate of drug-likeness (QED) is 0.544. The Morgan fingerprint density at radius 3 is 2.48 bits per heavy atom. The SMILES string of the molecule is C[C@H](Oc1ccc(C#N)cc1)C(=O)OCC(=O)NCCCc1ccccc1. The van der Waals surface area contributed by atoms with Crippen LogP contribution < -0.4 is 10.1 Å². The predicted octanol–water partition coefficient (Wildman–Crippen LogP) is 2.62. The maximum Gasteiger partial charge on any atom is 0.347 e. The summed E-state index contributed by atoms with van der Waals surface area (Å²) in [6.07, 6.45) is 0.821. The van der Waals surface area contributed by atoms with E-state index in [0.29, 0.717) is 17.9 Å². The van der Waals surface area contributed by atoms with E-state index in [1.54, 1.807) is 24.3 Å². The summed E-state index contributed by atoms with van der Waals surface area (Å²) in [4.78, 5) is 23.7. The molecule has 2 aromatic carbocycles. The number of nitrogens with one attached hydrogen (secondary N) is 1. The molecule has 0 aliphatic rings. The van der Waals surface area contributed by atoms with Gasteiger partial charge in [0.15, 0.2) is 12.7 Å². The molecule has 140 valence electrons. The van der Waals surface area contributed by atoms with Gasteiger partial charge in [-0.05, 0) is 49.6 Å². The van der Waals surface area contributed by atoms with E-state index in [1.807, 2.05) is 36.4 Å². The molecule has 0 spiro atoms. The minimum atomic E-state index is -0.858. The molecule has 1 atom stereocenters. The highest BCUT2D eigenvalue weighted by Crippen LogP contribution is 2.13. The van der Waals surface area contributed by atoms with Gasteiger partial charge in [-0.2, -0.15) is 5.26 Å². The lowest BCUT2D eigenvalue weighted by atomic mass is 10.1. The number of rotatable bonds is 9. The number of carbonyl (C=O) groups is 2. The normalized spacial score (nSPS) is 11.1. The third-order valence-electron chi connectivity index (χ3n) is 3.78. The molecular weight excluding hydrogens is 344 g/mol. The lowest BCUT2D eigenvalue weighted by molar-refractivity contribution is -0.154. The Balaban J connectivity index is 1.63. The summed E-state index contributed by atoms with van der Waals surface area (Å²) in [7, 11) is 0. The van der Waals surface area contributed by atoms with Gasteiger partial charge in [0, 0.05) is 6.54 Å². The number of amides is 1. The Morgan fingerprint density at radius 2 is 1.81 bits per heavy atom. The molecule has 0 bridgehead atoms. The van der Waals surface area contributed by atoms with Gasteiger partial charge in [-0.25, -0.2) is 4.79 Å².